The first-order valence-corrected chi connectivity index (χ1v) is 5.58. The second kappa shape index (κ2) is 4.64. The minimum absolute atomic E-state index is 0.0209. The van der Waals surface area contributed by atoms with Gasteiger partial charge >= 0.3 is 0 Å². The van der Waals surface area contributed by atoms with Crippen molar-refractivity contribution >= 4 is 5.91 Å². The predicted octanol–water partition coefficient (Wildman–Crippen LogP) is 2.52. The molecule has 0 aromatic carbocycles. The third kappa shape index (κ3) is 3.33. The molecule has 0 atom stereocenters. The second-order valence-corrected chi connectivity index (χ2v) is 5.31. The van der Waals surface area contributed by atoms with Crippen LogP contribution in [0.4, 0.5) is 0 Å². The standard InChI is InChI=1S/C13H20N2O/c1-9(2)15-12(16)10-6-7-11(14-8-10)13(3,4)5/h6-9H,1-5H3,(H,15,16). The lowest BCUT2D eigenvalue weighted by atomic mass is 9.91. The first-order valence-electron chi connectivity index (χ1n) is 5.58. The van der Waals surface area contributed by atoms with Crippen molar-refractivity contribution in [3.05, 3.63) is 29.6 Å². The first-order chi connectivity index (χ1) is 7.30. The van der Waals surface area contributed by atoms with Gasteiger partial charge in [0.25, 0.3) is 5.91 Å². The maximum absolute atomic E-state index is 11.7. The normalized spacial score (nSPS) is 11.6. The molecule has 1 aromatic rings. The molecule has 1 rings (SSSR count). The highest BCUT2D eigenvalue weighted by molar-refractivity contribution is 5.94. The molecule has 88 valence electrons. The zero-order valence-electron chi connectivity index (χ0n) is 10.7. The van der Waals surface area contributed by atoms with Crippen LogP contribution in [-0.4, -0.2) is 16.9 Å². The Kier molecular flexibility index (Phi) is 3.68. The number of hydrogen-bond acceptors (Lipinski definition) is 2. The summed E-state index contributed by atoms with van der Waals surface area (Å²) in [7, 11) is 0. The van der Waals surface area contributed by atoms with Crippen molar-refractivity contribution in [3.63, 3.8) is 0 Å². The van der Waals surface area contributed by atoms with Gasteiger partial charge in [0.05, 0.1) is 5.56 Å². The highest BCUT2D eigenvalue weighted by Gasteiger charge is 2.16. The Morgan fingerprint density at radius 2 is 1.94 bits per heavy atom. The van der Waals surface area contributed by atoms with E-state index in [0.29, 0.717) is 5.56 Å². The second-order valence-electron chi connectivity index (χ2n) is 5.31. The van der Waals surface area contributed by atoms with Crippen molar-refractivity contribution in [1.29, 1.82) is 0 Å². The first kappa shape index (κ1) is 12.7. The van der Waals surface area contributed by atoms with E-state index in [1.54, 1.807) is 6.20 Å². The van der Waals surface area contributed by atoms with Crippen LogP contribution in [0.15, 0.2) is 18.3 Å². The van der Waals surface area contributed by atoms with Crippen molar-refractivity contribution in [2.75, 3.05) is 0 Å². The van der Waals surface area contributed by atoms with Gasteiger partial charge in [0, 0.05) is 23.3 Å². The fraction of sp³-hybridized carbons (Fsp3) is 0.538. The summed E-state index contributed by atoms with van der Waals surface area (Å²) in [6.45, 7) is 10.2. The molecule has 0 aliphatic rings. The summed E-state index contributed by atoms with van der Waals surface area (Å²) in [6.07, 6.45) is 1.64. The number of carbonyl (C=O) groups excluding carboxylic acids is 1. The molecular formula is C13H20N2O. The fourth-order valence-corrected chi connectivity index (χ4v) is 1.32. The van der Waals surface area contributed by atoms with Gasteiger partial charge in [-0.05, 0) is 26.0 Å². The third-order valence-electron chi connectivity index (χ3n) is 2.21. The van der Waals surface area contributed by atoms with Gasteiger partial charge in [-0.3, -0.25) is 9.78 Å². The van der Waals surface area contributed by atoms with Crippen LogP contribution in [0.1, 0.15) is 50.7 Å². The average Bonchev–Trinajstić information content (AvgIpc) is 2.15. The van der Waals surface area contributed by atoms with Gasteiger partial charge in [-0.2, -0.15) is 0 Å². The lowest BCUT2D eigenvalue weighted by Gasteiger charge is -2.17. The van der Waals surface area contributed by atoms with E-state index in [2.05, 4.69) is 31.1 Å². The molecule has 0 saturated carbocycles. The van der Waals surface area contributed by atoms with Crippen molar-refractivity contribution in [2.24, 2.45) is 0 Å². The Morgan fingerprint density at radius 1 is 1.31 bits per heavy atom. The Hall–Kier alpha value is -1.38. The largest absolute Gasteiger partial charge is 0.350 e. The van der Waals surface area contributed by atoms with E-state index < -0.39 is 0 Å². The summed E-state index contributed by atoms with van der Waals surface area (Å²) >= 11 is 0. The molecule has 0 aliphatic heterocycles. The van der Waals surface area contributed by atoms with Crippen LogP contribution in [0, 0.1) is 0 Å². The van der Waals surface area contributed by atoms with E-state index in [0.717, 1.165) is 5.69 Å². The number of pyridine rings is 1. The van der Waals surface area contributed by atoms with Crippen molar-refractivity contribution in [2.45, 2.75) is 46.1 Å². The van der Waals surface area contributed by atoms with Crippen LogP contribution in [-0.2, 0) is 5.41 Å². The molecule has 1 heterocycles. The molecule has 0 spiro atoms. The molecule has 0 fully saturated rings. The SMILES string of the molecule is CC(C)NC(=O)c1ccc(C(C)(C)C)nc1. The van der Waals surface area contributed by atoms with Crippen molar-refractivity contribution < 1.29 is 4.79 Å². The Bertz CT molecular complexity index is 361. The zero-order chi connectivity index (χ0) is 12.3. The molecular weight excluding hydrogens is 200 g/mol. The van der Waals surface area contributed by atoms with Crippen molar-refractivity contribution in [1.82, 2.24) is 10.3 Å². The summed E-state index contributed by atoms with van der Waals surface area (Å²) < 4.78 is 0. The minimum Gasteiger partial charge on any atom is -0.350 e. The summed E-state index contributed by atoms with van der Waals surface area (Å²) in [5, 5.41) is 2.84. The Labute approximate surface area is 97.3 Å². The molecule has 16 heavy (non-hydrogen) atoms. The third-order valence-corrected chi connectivity index (χ3v) is 2.21. The van der Waals surface area contributed by atoms with E-state index in [1.807, 2.05) is 26.0 Å². The van der Waals surface area contributed by atoms with Gasteiger partial charge in [0.2, 0.25) is 0 Å². The molecule has 0 unspecified atom stereocenters. The van der Waals surface area contributed by atoms with Gasteiger partial charge in [-0.1, -0.05) is 20.8 Å². The van der Waals surface area contributed by atoms with E-state index in [1.165, 1.54) is 0 Å². The molecule has 1 amide bonds. The van der Waals surface area contributed by atoms with Crippen LogP contribution in [0.5, 0.6) is 0 Å². The average molecular weight is 220 g/mol. The quantitative estimate of drug-likeness (QED) is 0.832. The molecule has 0 aliphatic carbocycles. The van der Waals surface area contributed by atoms with Crippen LogP contribution < -0.4 is 5.32 Å². The lowest BCUT2D eigenvalue weighted by Crippen LogP contribution is -2.30. The monoisotopic (exact) mass is 220 g/mol. The number of rotatable bonds is 2. The highest BCUT2D eigenvalue weighted by Crippen LogP contribution is 2.19. The maximum Gasteiger partial charge on any atom is 0.253 e. The van der Waals surface area contributed by atoms with Crippen LogP contribution in [0.25, 0.3) is 0 Å². The fourth-order valence-electron chi connectivity index (χ4n) is 1.32. The lowest BCUT2D eigenvalue weighted by molar-refractivity contribution is 0.0942. The van der Waals surface area contributed by atoms with E-state index >= 15 is 0 Å². The number of hydrogen-bond donors (Lipinski definition) is 1. The highest BCUT2D eigenvalue weighted by atomic mass is 16.1. The maximum atomic E-state index is 11.7. The molecule has 1 aromatic heterocycles. The van der Waals surface area contributed by atoms with Gasteiger partial charge in [-0.25, -0.2) is 0 Å². The summed E-state index contributed by atoms with van der Waals surface area (Å²) in [5.41, 5.74) is 1.63. The van der Waals surface area contributed by atoms with Gasteiger partial charge in [-0.15, -0.1) is 0 Å². The van der Waals surface area contributed by atoms with E-state index in [-0.39, 0.29) is 17.4 Å². The van der Waals surface area contributed by atoms with Gasteiger partial charge in [0.15, 0.2) is 0 Å². The zero-order valence-corrected chi connectivity index (χ0v) is 10.7. The summed E-state index contributed by atoms with van der Waals surface area (Å²) in [4.78, 5) is 16.0. The molecule has 3 heteroatoms. The molecule has 0 saturated heterocycles. The minimum atomic E-state index is -0.0667. The Balaban J connectivity index is 2.83. The van der Waals surface area contributed by atoms with Gasteiger partial charge in [0.1, 0.15) is 0 Å². The predicted molar refractivity (Wildman–Crippen MR) is 65.5 cm³/mol. The summed E-state index contributed by atoms with van der Waals surface area (Å²) in [6, 6.07) is 3.88. The van der Waals surface area contributed by atoms with E-state index in [9.17, 15) is 4.79 Å². The molecule has 0 radical (unpaired) electrons. The van der Waals surface area contributed by atoms with Crippen molar-refractivity contribution in [3.8, 4) is 0 Å². The number of nitrogens with zero attached hydrogens (tertiary/aromatic N) is 1. The molecule has 0 bridgehead atoms. The number of aromatic nitrogens is 1. The summed E-state index contributed by atoms with van der Waals surface area (Å²) in [5.74, 6) is -0.0667. The molecule has 1 N–H and O–H groups in total. The van der Waals surface area contributed by atoms with Gasteiger partial charge < -0.3 is 5.32 Å². The molecule has 3 nitrogen and oxygen atoms in total. The topological polar surface area (TPSA) is 42.0 Å². The van der Waals surface area contributed by atoms with Crippen LogP contribution in [0.2, 0.25) is 0 Å². The number of amides is 1. The van der Waals surface area contributed by atoms with Crippen LogP contribution in [0.3, 0.4) is 0 Å². The smallest absolute Gasteiger partial charge is 0.253 e. The van der Waals surface area contributed by atoms with Crippen LogP contribution >= 0.6 is 0 Å². The number of nitrogens with one attached hydrogen (secondary N) is 1. The van der Waals surface area contributed by atoms with E-state index in [4.69, 9.17) is 0 Å². The number of carbonyl (C=O) groups is 1. The Morgan fingerprint density at radius 3 is 2.31 bits per heavy atom.